The van der Waals surface area contributed by atoms with Crippen LogP contribution < -0.4 is 5.32 Å². The molecular formula is C20H23N3O. The highest BCUT2D eigenvalue weighted by Gasteiger charge is 2.17. The number of hydrogen-bond acceptors (Lipinski definition) is 2. The van der Waals surface area contributed by atoms with Gasteiger partial charge in [-0.3, -0.25) is 9.20 Å². The van der Waals surface area contributed by atoms with E-state index in [1.165, 1.54) is 0 Å². The third kappa shape index (κ3) is 3.18. The Morgan fingerprint density at radius 1 is 1.17 bits per heavy atom. The quantitative estimate of drug-likeness (QED) is 0.737. The van der Waals surface area contributed by atoms with Crippen molar-refractivity contribution in [1.29, 1.82) is 0 Å². The standard InChI is InChI=1S/C20H23N3O/c1-4-5-10-18(24)22-20-19(16-9-7-6-8-15(16)3)21-17-12-11-14(2)13-23(17)20/h6-9,11-13H,4-5,10H2,1-3H3,(H,22,24). The largest absolute Gasteiger partial charge is 0.310 e. The van der Waals surface area contributed by atoms with E-state index in [4.69, 9.17) is 4.98 Å². The van der Waals surface area contributed by atoms with Crippen molar-refractivity contribution >= 4 is 17.4 Å². The van der Waals surface area contributed by atoms with Gasteiger partial charge in [0, 0.05) is 18.2 Å². The molecule has 0 fully saturated rings. The van der Waals surface area contributed by atoms with Crippen LogP contribution in [0.5, 0.6) is 0 Å². The van der Waals surface area contributed by atoms with Crippen molar-refractivity contribution in [1.82, 2.24) is 9.38 Å². The maximum Gasteiger partial charge on any atom is 0.225 e. The lowest BCUT2D eigenvalue weighted by molar-refractivity contribution is -0.116. The van der Waals surface area contributed by atoms with E-state index in [1.54, 1.807) is 0 Å². The number of carbonyl (C=O) groups is 1. The number of amides is 1. The van der Waals surface area contributed by atoms with E-state index >= 15 is 0 Å². The Hall–Kier alpha value is -2.62. The summed E-state index contributed by atoms with van der Waals surface area (Å²) in [6.45, 7) is 6.19. The number of unbranched alkanes of at least 4 members (excludes halogenated alkanes) is 1. The number of nitrogens with zero attached hydrogens (tertiary/aromatic N) is 2. The summed E-state index contributed by atoms with van der Waals surface area (Å²) in [5.74, 6) is 0.791. The van der Waals surface area contributed by atoms with Crippen LogP contribution in [0.4, 0.5) is 5.82 Å². The van der Waals surface area contributed by atoms with Gasteiger partial charge < -0.3 is 5.32 Å². The summed E-state index contributed by atoms with van der Waals surface area (Å²) >= 11 is 0. The molecule has 0 saturated heterocycles. The number of aryl methyl sites for hydroxylation is 2. The molecule has 1 amide bonds. The van der Waals surface area contributed by atoms with Crippen LogP contribution in [0.2, 0.25) is 0 Å². The minimum Gasteiger partial charge on any atom is -0.310 e. The van der Waals surface area contributed by atoms with Crippen LogP contribution in [-0.2, 0) is 4.79 Å². The number of carbonyl (C=O) groups excluding carboxylic acids is 1. The van der Waals surface area contributed by atoms with Crippen molar-refractivity contribution < 1.29 is 4.79 Å². The van der Waals surface area contributed by atoms with Gasteiger partial charge in [0.2, 0.25) is 5.91 Å². The average molecular weight is 321 g/mol. The van der Waals surface area contributed by atoms with Gasteiger partial charge in [-0.25, -0.2) is 4.98 Å². The fourth-order valence-electron chi connectivity index (χ4n) is 2.83. The zero-order chi connectivity index (χ0) is 17.1. The molecular weight excluding hydrogens is 298 g/mol. The van der Waals surface area contributed by atoms with Crippen molar-refractivity contribution in [3.63, 3.8) is 0 Å². The number of anilines is 1. The first-order valence-electron chi connectivity index (χ1n) is 8.44. The smallest absolute Gasteiger partial charge is 0.225 e. The maximum absolute atomic E-state index is 12.3. The normalized spacial score (nSPS) is 11.0. The van der Waals surface area contributed by atoms with E-state index in [0.29, 0.717) is 6.42 Å². The summed E-state index contributed by atoms with van der Waals surface area (Å²) in [7, 11) is 0. The van der Waals surface area contributed by atoms with Crippen LogP contribution in [0.1, 0.15) is 37.3 Å². The fourth-order valence-corrected chi connectivity index (χ4v) is 2.83. The van der Waals surface area contributed by atoms with Gasteiger partial charge in [0.25, 0.3) is 0 Å². The first-order valence-corrected chi connectivity index (χ1v) is 8.44. The molecule has 2 heterocycles. The molecule has 4 nitrogen and oxygen atoms in total. The van der Waals surface area contributed by atoms with Crippen molar-refractivity contribution in [2.45, 2.75) is 40.0 Å². The molecule has 2 aromatic heterocycles. The summed E-state index contributed by atoms with van der Waals surface area (Å²) < 4.78 is 1.97. The van der Waals surface area contributed by atoms with Crippen molar-refractivity contribution in [3.05, 3.63) is 53.7 Å². The third-order valence-electron chi connectivity index (χ3n) is 4.18. The Balaban J connectivity index is 2.12. The summed E-state index contributed by atoms with van der Waals surface area (Å²) in [6.07, 6.45) is 4.44. The highest BCUT2D eigenvalue weighted by Crippen LogP contribution is 2.31. The molecule has 1 aromatic carbocycles. The predicted molar refractivity (Wildman–Crippen MR) is 98.3 cm³/mol. The number of fused-ring (bicyclic) bond motifs is 1. The molecule has 1 N–H and O–H groups in total. The Morgan fingerprint density at radius 3 is 2.71 bits per heavy atom. The lowest BCUT2D eigenvalue weighted by Gasteiger charge is -2.09. The molecule has 0 aliphatic heterocycles. The van der Waals surface area contributed by atoms with Crippen LogP contribution in [0.25, 0.3) is 16.9 Å². The maximum atomic E-state index is 12.3. The van der Waals surface area contributed by atoms with Gasteiger partial charge in [-0.2, -0.15) is 0 Å². The van der Waals surface area contributed by atoms with Crippen LogP contribution in [0.3, 0.4) is 0 Å². The van der Waals surface area contributed by atoms with Gasteiger partial charge in [-0.05, 0) is 37.5 Å². The first kappa shape index (κ1) is 16.2. The molecule has 0 spiro atoms. The Kier molecular flexibility index (Phi) is 4.65. The topological polar surface area (TPSA) is 46.4 Å². The molecule has 0 bridgehead atoms. The van der Waals surface area contributed by atoms with E-state index in [2.05, 4.69) is 25.2 Å². The van der Waals surface area contributed by atoms with E-state index in [1.807, 2.05) is 47.9 Å². The van der Waals surface area contributed by atoms with Gasteiger partial charge in [-0.1, -0.05) is 43.7 Å². The average Bonchev–Trinajstić information content (AvgIpc) is 2.91. The zero-order valence-corrected chi connectivity index (χ0v) is 14.5. The second-order valence-corrected chi connectivity index (χ2v) is 6.21. The molecule has 3 rings (SSSR count). The van der Waals surface area contributed by atoms with Gasteiger partial charge in [0.05, 0.1) is 0 Å². The van der Waals surface area contributed by atoms with Gasteiger partial charge in [-0.15, -0.1) is 0 Å². The highest BCUT2D eigenvalue weighted by atomic mass is 16.1. The summed E-state index contributed by atoms with van der Waals surface area (Å²) in [6, 6.07) is 12.1. The first-order chi connectivity index (χ1) is 11.6. The minimum atomic E-state index is 0.0370. The number of pyridine rings is 1. The molecule has 0 atom stereocenters. The SMILES string of the molecule is CCCCC(=O)Nc1c(-c2ccccc2C)nc2ccc(C)cn12. The minimum absolute atomic E-state index is 0.0370. The molecule has 4 heteroatoms. The molecule has 0 unspecified atom stereocenters. The van der Waals surface area contributed by atoms with E-state index < -0.39 is 0 Å². The van der Waals surface area contributed by atoms with E-state index in [0.717, 1.165) is 46.7 Å². The number of imidazole rings is 1. The van der Waals surface area contributed by atoms with E-state index in [-0.39, 0.29) is 5.91 Å². The second kappa shape index (κ2) is 6.87. The zero-order valence-electron chi connectivity index (χ0n) is 14.5. The Labute approximate surface area is 142 Å². The number of benzene rings is 1. The van der Waals surface area contributed by atoms with Crippen molar-refractivity contribution in [2.75, 3.05) is 5.32 Å². The molecule has 0 saturated carbocycles. The second-order valence-electron chi connectivity index (χ2n) is 6.21. The van der Waals surface area contributed by atoms with Crippen LogP contribution in [0.15, 0.2) is 42.6 Å². The van der Waals surface area contributed by atoms with E-state index in [9.17, 15) is 4.79 Å². The number of nitrogens with one attached hydrogen (secondary N) is 1. The highest BCUT2D eigenvalue weighted by molar-refractivity contribution is 5.94. The molecule has 0 aliphatic carbocycles. The summed E-state index contributed by atoms with van der Waals surface area (Å²) in [5, 5.41) is 3.08. The van der Waals surface area contributed by atoms with Gasteiger partial charge >= 0.3 is 0 Å². The van der Waals surface area contributed by atoms with Crippen molar-refractivity contribution in [3.8, 4) is 11.3 Å². The summed E-state index contributed by atoms with van der Waals surface area (Å²) in [5.41, 5.74) is 4.97. The molecule has 24 heavy (non-hydrogen) atoms. The predicted octanol–water partition coefficient (Wildman–Crippen LogP) is 4.75. The monoisotopic (exact) mass is 321 g/mol. The number of hydrogen-bond donors (Lipinski definition) is 1. The summed E-state index contributed by atoms with van der Waals surface area (Å²) in [4.78, 5) is 17.1. The molecule has 0 radical (unpaired) electrons. The van der Waals surface area contributed by atoms with Crippen LogP contribution in [-0.4, -0.2) is 15.3 Å². The molecule has 124 valence electrons. The lowest BCUT2D eigenvalue weighted by atomic mass is 10.1. The van der Waals surface area contributed by atoms with Gasteiger partial charge in [0.15, 0.2) is 0 Å². The van der Waals surface area contributed by atoms with Crippen LogP contribution >= 0.6 is 0 Å². The van der Waals surface area contributed by atoms with Crippen molar-refractivity contribution in [2.24, 2.45) is 0 Å². The Morgan fingerprint density at radius 2 is 1.96 bits per heavy atom. The number of aromatic nitrogens is 2. The Bertz CT molecular complexity index is 880. The third-order valence-corrected chi connectivity index (χ3v) is 4.18. The van der Waals surface area contributed by atoms with Gasteiger partial charge in [0.1, 0.15) is 17.2 Å². The molecule has 0 aliphatic rings. The number of rotatable bonds is 5. The van der Waals surface area contributed by atoms with Crippen LogP contribution in [0, 0.1) is 13.8 Å². The molecule has 3 aromatic rings. The fraction of sp³-hybridized carbons (Fsp3) is 0.300. The lowest BCUT2D eigenvalue weighted by Crippen LogP contribution is -2.13.